The van der Waals surface area contributed by atoms with Gasteiger partial charge in [-0.25, -0.2) is 0 Å². The maximum atomic E-state index is 11.4. The van der Waals surface area contributed by atoms with Gasteiger partial charge in [-0.3, -0.25) is 9.59 Å². The van der Waals surface area contributed by atoms with Crippen molar-refractivity contribution in [2.24, 2.45) is 11.5 Å². The number of aromatic nitrogens is 4. The topological polar surface area (TPSA) is 193 Å². The number of ether oxygens (including phenoxy) is 6. The van der Waals surface area contributed by atoms with Gasteiger partial charge in [0.05, 0.1) is 28.4 Å². The van der Waals surface area contributed by atoms with Crippen LogP contribution in [0.2, 0.25) is 0 Å². The number of nitrogens with two attached hydrogens (primary N) is 2. The first-order chi connectivity index (χ1) is 20.3. The number of carbonyl (C=O) groups excluding carboxylic acids is 2. The van der Waals surface area contributed by atoms with Crippen LogP contribution in [0.3, 0.4) is 0 Å². The Balaban J connectivity index is 0.000000230. The Morgan fingerprint density at radius 3 is 1.07 bits per heavy atom. The molecule has 220 valence electrons. The largest absolute Gasteiger partial charge is 0.480 e. The van der Waals surface area contributed by atoms with E-state index in [0.29, 0.717) is 0 Å². The van der Waals surface area contributed by atoms with Crippen LogP contribution in [0.4, 0.5) is 0 Å². The van der Waals surface area contributed by atoms with Crippen LogP contribution in [0, 0.1) is 0 Å². The zero-order valence-electron chi connectivity index (χ0n) is 23.4. The quantitative estimate of drug-likeness (QED) is 0.250. The van der Waals surface area contributed by atoms with Gasteiger partial charge in [0.15, 0.2) is 11.1 Å². The first-order valence-electron chi connectivity index (χ1n) is 12.2. The second-order valence-electron chi connectivity index (χ2n) is 8.08. The molecule has 2 amide bonds. The maximum absolute atomic E-state index is 11.4. The Morgan fingerprint density at radius 1 is 0.548 bits per heavy atom. The fourth-order valence-corrected chi connectivity index (χ4v) is 3.39. The average molecular weight is 579 g/mol. The molecule has 0 radical (unpaired) electrons. The zero-order valence-corrected chi connectivity index (χ0v) is 23.4. The van der Waals surface area contributed by atoms with Gasteiger partial charge in [-0.15, -0.1) is 0 Å². The van der Waals surface area contributed by atoms with Crippen molar-refractivity contribution in [1.29, 1.82) is 0 Å². The number of carbonyl (C=O) groups is 2. The van der Waals surface area contributed by atoms with E-state index in [2.05, 4.69) is 19.9 Å². The van der Waals surface area contributed by atoms with E-state index in [1.807, 2.05) is 60.7 Å². The molecule has 2 aromatic carbocycles. The van der Waals surface area contributed by atoms with E-state index < -0.39 is 11.8 Å². The highest BCUT2D eigenvalue weighted by atomic mass is 16.5. The summed E-state index contributed by atoms with van der Waals surface area (Å²) >= 11 is 0. The summed E-state index contributed by atoms with van der Waals surface area (Å²) < 4.78 is 31.1. The summed E-state index contributed by atoms with van der Waals surface area (Å²) in [7, 11) is 5.48. The van der Waals surface area contributed by atoms with Gasteiger partial charge in [-0.1, -0.05) is 60.7 Å². The van der Waals surface area contributed by atoms with Crippen molar-refractivity contribution in [3.8, 4) is 35.5 Å². The standard InChI is InChI=1S/2C14H15N3O4/c2*1-19-12-10(11(15)18)13(20-2)17-14(16-12)21-8-9-6-4-3-5-7-9/h2*3-7H,8H2,1-2H3,(H2,15,18). The van der Waals surface area contributed by atoms with E-state index >= 15 is 0 Å². The molecule has 0 atom stereocenters. The number of primary amides is 2. The van der Waals surface area contributed by atoms with Crippen molar-refractivity contribution >= 4 is 11.8 Å². The van der Waals surface area contributed by atoms with Crippen molar-refractivity contribution in [3.63, 3.8) is 0 Å². The first kappa shape index (κ1) is 30.9. The van der Waals surface area contributed by atoms with E-state index in [1.165, 1.54) is 28.4 Å². The summed E-state index contributed by atoms with van der Waals surface area (Å²) in [5, 5.41) is 0. The summed E-state index contributed by atoms with van der Waals surface area (Å²) in [5.41, 5.74) is 12.4. The third-order valence-electron chi connectivity index (χ3n) is 5.33. The normalized spacial score (nSPS) is 10.0. The number of hydrogen-bond donors (Lipinski definition) is 2. The molecule has 4 N–H and O–H groups in total. The Labute approximate surface area is 241 Å². The molecule has 0 saturated heterocycles. The number of nitrogens with zero attached hydrogens (tertiary/aromatic N) is 4. The smallest absolute Gasteiger partial charge is 0.323 e. The molecule has 0 spiro atoms. The van der Waals surface area contributed by atoms with Gasteiger partial charge in [0, 0.05) is 0 Å². The Hall–Kier alpha value is -5.66. The van der Waals surface area contributed by atoms with Crippen molar-refractivity contribution < 1.29 is 38.0 Å². The van der Waals surface area contributed by atoms with Gasteiger partial charge in [-0.05, 0) is 11.1 Å². The summed E-state index contributed by atoms with van der Waals surface area (Å²) in [4.78, 5) is 38.8. The number of rotatable bonds is 12. The molecule has 2 aromatic heterocycles. The summed E-state index contributed by atoms with van der Waals surface area (Å²) in [6.07, 6.45) is 0. The van der Waals surface area contributed by atoms with Gasteiger partial charge >= 0.3 is 12.0 Å². The summed E-state index contributed by atoms with van der Waals surface area (Å²) in [6, 6.07) is 19.1. The number of methoxy groups -OCH3 is 4. The van der Waals surface area contributed by atoms with Crippen LogP contribution < -0.4 is 39.9 Å². The molecule has 0 aliphatic carbocycles. The molecule has 2 heterocycles. The van der Waals surface area contributed by atoms with Crippen LogP contribution in [0.1, 0.15) is 31.8 Å². The second-order valence-corrected chi connectivity index (χ2v) is 8.08. The Kier molecular flexibility index (Phi) is 11.2. The van der Waals surface area contributed by atoms with Crippen LogP contribution in [-0.2, 0) is 13.2 Å². The predicted octanol–water partition coefficient (Wildman–Crippen LogP) is 2.34. The molecule has 14 heteroatoms. The highest BCUT2D eigenvalue weighted by Gasteiger charge is 2.22. The SMILES string of the molecule is COc1nc(OCc2ccccc2)nc(OC)c1C(N)=O.COc1nc(OCc2ccccc2)nc(OC)c1C(N)=O. The minimum atomic E-state index is -0.738. The Bertz CT molecular complexity index is 1330. The lowest BCUT2D eigenvalue weighted by atomic mass is 10.2. The van der Waals surface area contributed by atoms with Gasteiger partial charge in [-0.2, -0.15) is 19.9 Å². The highest BCUT2D eigenvalue weighted by molar-refractivity contribution is 5.97. The van der Waals surface area contributed by atoms with Crippen LogP contribution >= 0.6 is 0 Å². The van der Waals surface area contributed by atoms with E-state index in [9.17, 15) is 9.59 Å². The summed E-state index contributed by atoms with van der Waals surface area (Å²) in [5.74, 6) is -1.43. The van der Waals surface area contributed by atoms with Crippen LogP contribution in [0.25, 0.3) is 0 Å². The maximum Gasteiger partial charge on any atom is 0.323 e. The lowest BCUT2D eigenvalue weighted by Gasteiger charge is -2.11. The molecule has 0 fully saturated rings. The summed E-state index contributed by atoms with van der Waals surface area (Å²) in [6.45, 7) is 0.562. The number of hydrogen-bond acceptors (Lipinski definition) is 12. The molecule has 0 unspecified atom stereocenters. The molecule has 0 aliphatic rings. The van der Waals surface area contributed by atoms with E-state index in [0.717, 1.165) is 11.1 Å². The molecule has 42 heavy (non-hydrogen) atoms. The van der Waals surface area contributed by atoms with Gasteiger partial charge in [0.1, 0.15) is 13.2 Å². The van der Waals surface area contributed by atoms with Gasteiger partial charge < -0.3 is 39.9 Å². The molecule has 0 aliphatic heterocycles. The number of amides is 2. The lowest BCUT2D eigenvalue weighted by molar-refractivity contribution is 0.0982. The molecule has 0 saturated carbocycles. The van der Waals surface area contributed by atoms with E-state index in [-0.39, 0.29) is 59.9 Å². The number of benzene rings is 2. The fourth-order valence-electron chi connectivity index (χ4n) is 3.39. The van der Waals surface area contributed by atoms with Crippen molar-refractivity contribution in [2.45, 2.75) is 13.2 Å². The predicted molar refractivity (Wildman–Crippen MR) is 149 cm³/mol. The third kappa shape index (κ3) is 8.17. The van der Waals surface area contributed by atoms with Gasteiger partial charge in [0.2, 0.25) is 23.5 Å². The molecular weight excluding hydrogens is 548 g/mol. The second kappa shape index (κ2) is 15.2. The monoisotopic (exact) mass is 578 g/mol. The Morgan fingerprint density at radius 2 is 0.833 bits per heavy atom. The minimum absolute atomic E-state index is 0.0115. The van der Waals surface area contributed by atoms with Crippen LogP contribution in [0.15, 0.2) is 60.7 Å². The van der Waals surface area contributed by atoms with Gasteiger partial charge in [0.25, 0.3) is 11.8 Å². The minimum Gasteiger partial charge on any atom is -0.480 e. The molecule has 14 nitrogen and oxygen atoms in total. The van der Waals surface area contributed by atoms with E-state index in [4.69, 9.17) is 39.9 Å². The van der Waals surface area contributed by atoms with Crippen molar-refractivity contribution in [2.75, 3.05) is 28.4 Å². The van der Waals surface area contributed by atoms with Crippen LogP contribution in [0.5, 0.6) is 35.5 Å². The molecular formula is C28H30N6O8. The fraction of sp³-hybridized carbons (Fsp3) is 0.214. The molecule has 4 rings (SSSR count). The average Bonchev–Trinajstić information content (AvgIpc) is 3.02. The zero-order chi connectivity index (χ0) is 30.5. The van der Waals surface area contributed by atoms with Crippen molar-refractivity contribution in [3.05, 3.63) is 82.9 Å². The molecule has 0 bridgehead atoms. The third-order valence-corrected chi connectivity index (χ3v) is 5.33. The van der Waals surface area contributed by atoms with E-state index in [1.54, 1.807) is 0 Å². The lowest BCUT2D eigenvalue weighted by Crippen LogP contribution is -2.16. The van der Waals surface area contributed by atoms with Crippen LogP contribution in [-0.4, -0.2) is 60.2 Å². The van der Waals surface area contributed by atoms with Crippen molar-refractivity contribution in [1.82, 2.24) is 19.9 Å². The molecule has 4 aromatic rings. The highest BCUT2D eigenvalue weighted by Crippen LogP contribution is 2.28. The first-order valence-corrected chi connectivity index (χ1v) is 12.2.